The van der Waals surface area contributed by atoms with Crippen LogP contribution in [0.15, 0.2) is 0 Å². The highest BCUT2D eigenvalue weighted by atomic mass is 35.5. The molecule has 0 aromatic heterocycles. The van der Waals surface area contributed by atoms with Gasteiger partial charge in [0.2, 0.25) is 0 Å². The molecule has 3 atom stereocenters. The van der Waals surface area contributed by atoms with Crippen molar-refractivity contribution in [3.8, 4) is 0 Å². The van der Waals surface area contributed by atoms with Crippen LogP contribution in [0.1, 0.15) is 19.3 Å². The quantitative estimate of drug-likeness (QED) is 0.755. The fourth-order valence-corrected chi connectivity index (χ4v) is 2.58. The highest BCUT2D eigenvalue weighted by Crippen LogP contribution is 2.28. The van der Waals surface area contributed by atoms with E-state index >= 15 is 0 Å². The average Bonchev–Trinajstić information content (AvgIpc) is 2.73. The van der Waals surface area contributed by atoms with Gasteiger partial charge in [-0.25, -0.2) is 0 Å². The maximum Gasteiger partial charge on any atom is 0.251 e. The summed E-state index contributed by atoms with van der Waals surface area (Å²) in [4.78, 5) is 11.7. The molecule has 0 aromatic rings. The van der Waals surface area contributed by atoms with E-state index in [1.807, 2.05) is 0 Å². The van der Waals surface area contributed by atoms with Gasteiger partial charge in [0, 0.05) is 11.9 Å². The lowest BCUT2D eigenvalue weighted by Crippen LogP contribution is -2.44. The number of carbonyl (C=O) groups excluding carboxylic acids is 1. The molecule has 0 aromatic carbocycles. The Balaban J connectivity index is 1.66. The van der Waals surface area contributed by atoms with Crippen molar-refractivity contribution in [3.63, 3.8) is 0 Å². The van der Waals surface area contributed by atoms with E-state index in [4.69, 9.17) is 21.1 Å². The van der Waals surface area contributed by atoms with Crippen LogP contribution < -0.4 is 5.32 Å². The molecule has 92 valence electrons. The van der Waals surface area contributed by atoms with Crippen LogP contribution in [0.4, 0.5) is 0 Å². The predicted octanol–water partition coefficient (Wildman–Crippen LogP) is 0.925. The summed E-state index contributed by atoms with van der Waals surface area (Å²) in [7, 11) is 0. The fraction of sp³-hybridized carbons (Fsp3) is 0.909. The van der Waals surface area contributed by atoms with Gasteiger partial charge in [-0.15, -0.1) is 11.6 Å². The number of ether oxygens (including phenoxy) is 2. The second kappa shape index (κ2) is 5.84. The number of halogens is 1. The summed E-state index contributed by atoms with van der Waals surface area (Å²) in [5.41, 5.74) is 0. The number of amides is 1. The molecule has 1 heterocycles. The van der Waals surface area contributed by atoms with Crippen LogP contribution in [-0.4, -0.2) is 43.8 Å². The van der Waals surface area contributed by atoms with Crippen molar-refractivity contribution in [2.24, 2.45) is 5.92 Å². The Morgan fingerprint density at radius 3 is 2.88 bits per heavy atom. The van der Waals surface area contributed by atoms with Gasteiger partial charge in [0.15, 0.2) is 6.10 Å². The van der Waals surface area contributed by atoms with E-state index in [0.717, 1.165) is 19.3 Å². The molecule has 1 amide bonds. The first kappa shape index (κ1) is 12.1. The van der Waals surface area contributed by atoms with Crippen LogP contribution in [0.25, 0.3) is 0 Å². The van der Waals surface area contributed by atoms with E-state index in [1.54, 1.807) is 0 Å². The van der Waals surface area contributed by atoms with E-state index in [1.165, 1.54) is 0 Å². The van der Waals surface area contributed by atoms with Gasteiger partial charge in [0.1, 0.15) is 0 Å². The molecule has 4 nitrogen and oxygen atoms in total. The molecule has 1 aliphatic heterocycles. The third kappa shape index (κ3) is 3.34. The zero-order valence-electron chi connectivity index (χ0n) is 9.28. The summed E-state index contributed by atoms with van der Waals surface area (Å²) < 4.78 is 10.5. The number of carbonyl (C=O) groups is 1. The molecule has 1 saturated carbocycles. The summed E-state index contributed by atoms with van der Waals surface area (Å²) in [5, 5.41) is 3.20. The van der Waals surface area contributed by atoms with Crippen molar-refractivity contribution in [1.82, 2.24) is 5.32 Å². The van der Waals surface area contributed by atoms with Gasteiger partial charge in [0.05, 0.1) is 19.8 Å². The second-order valence-electron chi connectivity index (χ2n) is 4.46. The van der Waals surface area contributed by atoms with Crippen LogP contribution in [0.5, 0.6) is 0 Å². The molecule has 2 aliphatic rings. The third-order valence-corrected chi connectivity index (χ3v) is 3.55. The predicted molar refractivity (Wildman–Crippen MR) is 60.6 cm³/mol. The smallest absolute Gasteiger partial charge is 0.251 e. The summed E-state index contributed by atoms with van der Waals surface area (Å²) in [6, 6.07) is 0. The third-order valence-electron chi connectivity index (χ3n) is 3.15. The van der Waals surface area contributed by atoms with E-state index in [2.05, 4.69) is 5.32 Å². The molecule has 2 rings (SSSR count). The Bertz CT molecular complexity index is 243. The molecular formula is C11H18ClNO3. The standard InChI is InChI=1S/C11H18ClNO3/c12-9-2-1-8(5-9)6-13-11(14)10-7-15-3-4-16-10/h8-10H,1-7H2,(H,13,14). The van der Waals surface area contributed by atoms with Crippen LogP contribution in [0.3, 0.4) is 0 Å². The van der Waals surface area contributed by atoms with Gasteiger partial charge in [-0.2, -0.15) is 0 Å². The average molecular weight is 248 g/mol. The zero-order valence-corrected chi connectivity index (χ0v) is 10.0. The van der Waals surface area contributed by atoms with E-state index in [-0.39, 0.29) is 11.3 Å². The van der Waals surface area contributed by atoms with Crippen LogP contribution in [0.2, 0.25) is 0 Å². The highest BCUT2D eigenvalue weighted by molar-refractivity contribution is 6.20. The van der Waals surface area contributed by atoms with Gasteiger partial charge in [-0.1, -0.05) is 0 Å². The maximum absolute atomic E-state index is 11.7. The first-order valence-corrected chi connectivity index (χ1v) is 6.30. The number of hydrogen-bond donors (Lipinski definition) is 1. The van der Waals surface area contributed by atoms with Gasteiger partial charge < -0.3 is 14.8 Å². The molecule has 1 aliphatic carbocycles. The van der Waals surface area contributed by atoms with Crippen molar-refractivity contribution in [2.75, 3.05) is 26.4 Å². The Labute approximate surface area is 101 Å². The highest BCUT2D eigenvalue weighted by Gasteiger charge is 2.26. The van der Waals surface area contributed by atoms with Gasteiger partial charge in [0.25, 0.3) is 5.91 Å². The van der Waals surface area contributed by atoms with E-state index < -0.39 is 6.10 Å². The fourth-order valence-electron chi connectivity index (χ4n) is 2.20. The van der Waals surface area contributed by atoms with Crippen molar-refractivity contribution in [3.05, 3.63) is 0 Å². The molecule has 1 saturated heterocycles. The number of hydrogen-bond acceptors (Lipinski definition) is 3. The maximum atomic E-state index is 11.7. The molecule has 5 heteroatoms. The van der Waals surface area contributed by atoms with Gasteiger partial charge in [-0.3, -0.25) is 4.79 Å². The van der Waals surface area contributed by atoms with Crippen molar-refractivity contribution >= 4 is 17.5 Å². The minimum absolute atomic E-state index is 0.0577. The summed E-state index contributed by atoms with van der Waals surface area (Å²) >= 11 is 6.01. The largest absolute Gasteiger partial charge is 0.376 e. The number of rotatable bonds is 3. The van der Waals surface area contributed by atoms with E-state index in [0.29, 0.717) is 32.3 Å². The Hall–Kier alpha value is -0.320. The Morgan fingerprint density at radius 1 is 1.38 bits per heavy atom. The number of alkyl halides is 1. The SMILES string of the molecule is O=C(NCC1CCC(Cl)C1)C1COCCO1. The van der Waals surface area contributed by atoms with Crippen molar-refractivity contribution in [2.45, 2.75) is 30.7 Å². The molecule has 0 radical (unpaired) electrons. The summed E-state index contributed by atoms with van der Waals surface area (Å²) in [6.07, 6.45) is 2.74. The van der Waals surface area contributed by atoms with Crippen molar-refractivity contribution in [1.29, 1.82) is 0 Å². The summed E-state index contributed by atoms with van der Waals surface area (Å²) in [5.74, 6) is 0.466. The first-order chi connectivity index (χ1) is 7.75. The molecular weight excluding hydrogens is 230 g/mol. The molecule has 0 spiro atoms. The normalized spacial score (nSPS) is 34.9. The van der Waals surface area contributed by atoms with E-state index in [9.17, 15) is 4.79 Å². The molecule has 3 unspecified atom stereocenters. The Kier molecular flexibility index (Phi) is 4.44. The van der Waals surface area contributed by atoms with Crippen molar-refractivity contribution < 1.29 is 14.3 Å². The topological polar surface area (TPSA) is 47.6 Å². The minimum atomic E-state index is -0.429. The molecule has 1 N–H and O–H groups in total. The van der Waals surface area contributed by atoms with Gasteiger partial charge in [-0.05, 0) is 25.2 Å². The zero-order chi connectivity index (χ0) is 11.4. The van der Waals surface area contributed by atoms with Crippen LogP contribution in [0, 0.1) is 5.92 Å². The minimum Gasteiger partial charge on any atom is -0.376 e. The monoisotopic (exact) mass is 247 g/mol. The number of nitrogens with one attached hydrogen (secondary N) is 1. The lowest BCUT2D eigenvalue weighted by molar-refractivity contribution is -0.147. The van der Waals surface area contributed by atoms with Gasteiger partial charge >= 0.3 is 0 Å². The molecule has 0 bridgehead atoms. The molecule has 16 heavy (non-hydrogen) atoms. The summed E-state index contributed by atoms with van der Waals surface area (Å²) in [6.45, 7) is 2.17. The lowest BCUT2D eigenvalue weighted by Gasteiger charge is -2.22. The Morgan fingerprint density at radius 2 is 2.25 bits per heavy atom. The lowest BCUT2D eigenvalue weighted by atomic mass is 10.1. The van der Waals surface area contributed by atoms with Crippen LogP contribution >= 0.6 is 11.6 Å². The molecule has 2 fully saturated rings. The first-order valence-electron chi connectivity index (χ1n) is 5.87. The second-order valence-corrected chi connectivity index (χ2v) is 5.07. The van der Waals surface area contributed by atoms with Crippen LogP contribution in [-0.2, 0) is 14.3 Å².